The Bertz CT molecular complexity index is 1140. The lowest BCUT2D eigenvalue weighted by molar-refractivity contribution is -0.120. The van der Waals surface area contributed by atoms with E-state index in [9.17, 15) is 14.0 Å². The van der Waals surface area contributed by atoms with Gasteiger partial charge in [0.25, 0.3) is 11.8 Å². The van der Waals surface area contributed by atoms with Crippen molar-refractivity contribution in [2.45, 2.75) is 19.9 Å². The molecule has 11 heteroatoms. The van der Waals surface area contributed by atoms with Gasteiger partial charge in [0.1, 0.15) is 11.9 Å². The zero-order valence-corrected chi connectivity index (χ0v) is 16.1. The molecule has 2 aromatic carbocycles. The molecule has 2 heterocycles. The summed E-state index contributed by atoms with van der Waals surface area (Å²) in [7, 11) is 0. The Labute approximate surface area is 170 Å². The Hall–Kier alpha value is -4.15. The number of amides is 2. The second-order valence-electron chi connectivity index (χ2n) is 6.53. The number of halogens is 1. The van der Waals surface area contributed by atoms with Gasteiger partial charge in [-0.05, 0) is 54.6 Å². The molecule has 0 bridgehead atoms. The first-order chi connectivity index (χ1) is 14.4. The van der Waals surface area contributed by atoms with Crippen molar-refractivity contribution in [3.8, 4) is 5.69 Å². The summed E-state index contributed by atoms with van der Waals surface area (Å²) in [6, 6.07) is 12.1. The normalized spacial score (nSPS) is 16.1. The number of rotatable bonds is 4. The van der Waals surface area contributed by atoms with Crippen LogP contribution in [-0.2, 0) is 9.59 Å². The summed E-state index contributed by atoms with van der Waals surface area (Å²) in [4.78, 5) is 29.3. The molecule has 10 nitrogen and oxygen atoms in total. The first-order valence-corrected chi connectivity index (χ1v) is 9.04. The van der Waals surface area contributed by atoms with E-state index in [0.29, 0.717) is 17.2 Å². The van der Waals surface area contributed by atoms with E-state index in [1.165, 1.54) is 27.9 Å². The first-order valence-electron chi connectivity index (χ1n) is 9.04. The molecule has 0 spiro atoms. The minimum atomic E-state index is -0.785. The van der Waals surface area contributed by atoms with Crippen LogP contribution in [0.4, 0.5) is 15.8 Å². The number of benzene rings is 2. The van der Waals surface area contributed by atoms with Gasteiger partial charge in [-0.1, -0.05) is 18.2 Å². The van der Waals surface area contributed by atoms with Crippen LogP contribution in [0.2, 0.25) is 0 Å². The maximum Gasteiger partial charge on any atom is 0.292 e. The molecule has 1 aliphatic heterocycles. The fourth-order valence-corrected chi connectivity index (χ4v) is 2.90. The summed E-state index contributed by atoms with van der Waals surface area (Å²) in [5.41, 5.74) is 3.65. The van der Waals surface area contributed by atoms with Gasteiger partial charge in [-0.25, -0.2) is 14.4 Å². The number of hydrogen-bond donors (Lipinski definition) is 2. The molecule has 0 radical (unpaired) electrons. The highest BCUT2D eigenvalue weighted by Crippen LogP contribution is 2.20. The number of aliphatic imine (C=N–C) groups is 1. The van der Waals surface area contributed by atoms with E-state index in [1.807, 2.05) is 6.07 Å². The first kappa shape index (κ1) is 19.2. The van der Waals surface area contributed by atoms with Gasteiger partial charge in [0, 0.05) is 0 Å². The third-order valence-electron chi connectivity index (χ3n) is 4.42. The van der Waals surface area contributed by atoms with E-state index in [0.717, 1.165) is 0 Å². The smallest absolute Gasteiger partial charge is 0.292 e. The molecule has 2 amide bonds. The van der Waals surface area contributed by atoms with Crippen LogP contribution < -0.4 is 15.8 Å². The topological polar surface area (TPSA) is 117 Å². The number of nitrogens with one attached hydrogen (secondary N) is 2. The van der Waals surface area contributed by atoms with Crippen LogP contribution in [0.1, 0.15) is 12.7 Å². The monoisotopic (exact) mass is 408 g/mol. The SMILES string of the molecule is Cc1nnnn1-c1ccc(F)c(NC(=O)C2=NC(C)C(=O)N(c3ccccc3)N2)c1. The molecule has 0 saturated heterocycles. The Balaban J connectivity index is 1.59. The maximum absolute atomic E-state index is 14.3. The van der Waals surface area contributed by atoms with Crippen molar-refractivity contribution in [1.82, 2.24) is 25.6 Å². The van der Waals surface area contributed by atoms with Crippen LogP contribution in [0.3, 0.4) is 0 Å². The molecule has 152 valence electrons. The molecule has 3 aromatic rings. The third kappa shape index (κ3) is 3.60. The average molecular weight is 408 g/mol. The summed E-state index contributed by atoms with van der Waals surface area (Å²) in [5, 5.41) is 14.9. The third-order valence-corrected chi connectivity index (χ3v) is 4.42. The van der Waals surface area contributed by atoms with Crippen LogP contribution in [0.15, 0.2) is 53.5 Å². The number of nitrogens with zero attached hydrogens (tertiary/aromatic N) is 6. The number of carbonyl (C=O) groups excluding carboxylic acids is 2. The van der Waals surface area contributed by atoms with Crippen LogP contribution in [0.25, 0.3) is 5.69 Å². The highest BCUT2D eigenvalue weighted by molar-refractivity contribution is 6.43. The van der Waals surface area contributed by atoms with Gasteiger partial charge in [-0.2, -0.15) is 4.68 Å². The molecule has 1 atom stereocenters. The van der Waals surface area contributed by atoms with Gasteiger partial charge < -0.3 is 5.32 Å². The average Bonchev–Trinajstić information content (AvgIpc) is 3.18. The zero-order chi connectivity index (χ0) is 21.3. The van der Waals surface area contributed by atoms with Crippen LogP contribution in [0, 0.1) is 12.7 Å². The molecule has 1 aromatic heterocycles. The van der Waals surface area contributed by atoms with E-state index in [2.05, 4.69) is 31.3 Å². The lowest BCUT2D eigenvalue weighted by Crippen LogP contribution is -2.57. The molecule has 0 fully saturated rings. The Kier molecular flexibility index (Phi) is 4.92. The quantitative estimate of drug-likeness (QED) is 0.674. The summed E-state index contributed by atoms with van der Waals surface area (Å²) in [5.74, 6) is -1.27. The molecule has 0 aliphatic carbocycles. The Morgan fingerprint density at radius 3 is 2.63 bits per heavy atom. The summed E-state index contributed by atoms with van der Waals surface area (Å²) < 4.78 is 15.7. The number of carbonyl (C=O) groups is 2. The number of tetrazole rings is 1. The van der Waals surface area contributed by atoms with Crippen molar-refractivity contribution >= 4 is 29.0 Å². The minimum Gasteiger partial charge on any atom is -0.317 e. The lowest BCUT2D eigenvalue weighted by Gasteiger charge is -2.30. The molecule has 2 N–H and O–H groups in total. The second kappa shape index (κ2) is 7.70. The van der Waals surface area contributed by atoms with Crippen molar-refractivity contribution in [1.29, 1.82) is 0 Å². The van der Waals surface area contributed by atoms with Gasteiger partial charge >= 0.3 is 0 Å². The highest BCUT2D eigenvalue weighted by atomic mass is 19.1. The minimum absolute atomic E-state index is 0.0762. The largest absolute Gasteiger partial charge is 0.317 e. The fraction of sp³-hybridized carbons (Fsp3) is 0.158. The molecule has 0 saturated carbocycles. The number of anilines is 2. The van der Waals surface area contributed by atoms with Crippen molar-refractivity contribution in [2.24, 2.45) is 4.99 Å². The number of hydrogen-bond acceptors (Lipinski definition) is 7. The van der Waals surface area contributed by atoms with E-state index < -0.39 is 17.8 Å². The van der Waals surface area contributed by atoms with Gasteiger partial charge in [0.15, 0.2) is 5.82 Å². The lowest BCUT2D eigenvalue weighted by atomic mass is 10.2. The number of aryl methyl sites for hydroxylation is 1. The summed E-state index contributed by atoms with van der Waals surface area (Å²) >= 11 is 0. The summed E-state index contributed by atoms with van der Waals surface area (Å²) in [6.07, 6.45) is 0. The van der Waals surface area contributed by atoms with Crippen molar-refractivity contribution in [2.75, 3.05) is 10.3 Å². The highest BCUT2D eigenvalue weighted by Gasteiger charge is 2.31. The fourth-order valence-electron chi connectivity index (χ4n) is 2.90. The molecule has 1 aliphatic rings. The Morgan fingerprint density at radius 1 is 1.17 bits per heavy atom. The number of hydrazine groups is 1. The van der Waals surface area contributed by atoms with Crippen LogP contribution in [0.5, 0.6) is 0 Å². The molecule has 30 heavy (non-hydrogen) atoms. The van der Waals surface area contributed by atoms with Crippen LogP contribution >= 0.6 is 0 Å². The number of aromatic nitrogens is 4. The van der Waals surface area contributed by atoms with Gasteiger partial charge in [-0.15, -0.1) is 5.10 Å². The predicted octanol–water partition coefficient (Wildman–Crippen LogP) is 1.39. The van der Waals surface area contributed by atoms with E-state index in [-0.39, 0.29) is 17.4 Å². The van der Waals surface area contributed by atoms with Gasteiger partial charge in [0.05, 0.1) is 17.1 Å². The van der Waals surface area contributed by atoms with E-state index in [4.69, 9.17) is 0 Å². The Morgan fingerprint density at radius 2 is 1.93 bits per heavy atom. The van der Waals surface area contributed by atoms with Crippen molar-refractivity contribution in [3.63, 3.8) is 0 Å². The van der Waals surface area contributed by atoms with Crippen molar-refractivity contribution < 1.29 is 14.0 Å². The maximum atomic E-state index is 14.3. The second-order valence-corrected chi connectivity index (χ2v) is 6.53. The van der Waals surface area contributed by atoms with Crippen LogP contribution in [-0.4, -0.2) is 43.9 Å². The zero-order valence-electron chi connectivity index (χ0n) is 16.1. The van der Waals surface area contributed by atoms with Gasteiger partial charge in [-0.3, -0.25) is 15.0 Å². The van der Waals surface area contributed by atoms with Gasteiger partial charge in [0.2, 0.25) is 5.84 Å². The predicted molar refractivity (Wildman–Crippen MR) is 106 cm³/mol. The molecular formula is C19H17FN8O2. The van der Waals surface area contributed by atoms with E-state index >= 15 is 0 Å². The van der Waals surface area contributed by atoms with Crippen molar-refractivity contribution in [3.05, 3.63) is 60.2 Å². The number of para-hydroxylation sites is 1. The summed E-state index contributed by atoms with van der Waals surface area (Å²) in [6.45, 7) is 3.27. The molecule has 4 rings (SSSR count). The molecule has 1 unspecified atom stereocenters. The number of amidine groups is 1. The standard InChI is InChI=1S/C19H17FN8O2/c1-11-19(30)28(13-6-4-3-5-7-13)24-17(21-11)18(29)22-16-10-14(8-9-15(16)20)27-12(2)23-25-26-27/h3-11H,1-2H3,(H,21,24)(H,22,29). The molecular weight excluding hydrogens is 391 g/mol. The van der Waals surface area contributed by atoms with E-state index in [1.54, 1.807) is 38.1 Å².